The van der Waals surface area contributed by atoms with Gasteiger partial charge in [0.25, 0.3) is 0 Å². The van der Waals surface area contributed by atoms with Crippen LogP contribution in [0.1, 0.15) is 19.4 Å². The lowest BCUT2D eigenvalue weighted by atomic mass is 10.2. The summed E-state index contributed by atoms with van der Waals surface area (Å²) in [6, 6.07) is 12.2. The molecule has 1 heterocycles. The van der Waals surface area contributed by atoms with Gasteiger partial charge in [0.05, 0.1) is 18.0 Å². The molecule has 3 rings (SSSR count). The number of nitrogens with one attached hydrogen (secondary N) is 1. The second kappa shape index (κ2) is 9.04. The number of sulfonamides is 1. The lowest BCUT2D eigenvalue weighted by Gasteiger charge is -2.23. The summed E-state index contributed by atoms with van der Waals surface area (Å²) in [5, 5.41) is 2.76. The number of benzene rings is 2. The fourth-order valence-electron chi connectivity index (χ4n) is 2.85. The number of ether oxygens (including phenoxy) is 3. The summed E-state index contributed by atoms with van der Waals surface area (Å²) in [5.74, 6) is 1.16. The molecular weight excluding hydrogens is 396 g/mol. The molecule has 0 saturated heterocycles. The van der Waals surface area contributed by atoms with E-state index in [4.69, 9.17) is 14.2 Å². The first-order valence-electron chi connectivity index (χ1n) is 9.31. The van der Waals surface area contributed by atoms with E-state index in [0.717, 1.165) is 15.6 Å². The smallest absolute Gasteiger partial charge is 0.241 e. The lowest BCUT2D eigenvalue weighted by Crippen LogP contribution is -2.41. The average Bonchev–Trinajstić information content (AvgIpc) is 3.19. The maximum absolute atomic E-state index is 12.6. The number of nitrogens with zero attached hydrogens (tertiary/aromatic N) is 1. The van der Waals surface area contributed by atoms with E-state index in [0.29, 0.717) is 23.8 Å². The molecule has 0 unspecified atom stereocenters. The second-order valence-electron chi connectivity index (χ2n) is 6.30. The van der Waals surface area contributed by atoms with Gasteiger partial charge in [0.2, 0.25) is 22.7 Å². The number of fused-ring (bicyclic) bond motifs is 1. The first kappa shape index (κ1) is 20.8. The lowest BCUT2D eigenvalue weighted by molar-refractivity contribution is -0.119. The summed E-state index contributed by atoms with van der Waals surface area (Å²) in [6.45, 7) is 4.00. The normalized spacial score (nSPS) is 12.5. The van der Waals surface area contributed by atoms with Gasteiger partial charge in [-0.2, -0.15) is 0 Å². The number of hydrogen-bond donors (Lipinski definition) is 1. The van der Waals surface area contributed by atoms with Crippen LogP contribution in [0.15, 0.2) is 42.5 Å². The highest BCUT2D eigenvalue weighted by Gasteiger charge is 2.25. The molecule has 0 atom stereocenters. The highest BCUT2D eigenvalue weighted by Crippen LogP contribution is 2.36. The minimum atomic E-state index is -3.67. The van der Waals surface area contributed by atoms with E-state index in [1.165, 1.54) is 6.92 Å². The number of amides is 1. The maximum atomic E-state index is 12.6. The van der Waals surface area contributed by atoms with Crippen molar-refractivity contribution >= 4 is 21.6 Å². The predicted octanol–water partition coefficient (Wildman–Crippen LogP) is 2.29. The van der Waals surface area contributed by atoms with Crippen molar-refractivity contribution in [3.05, 3.63) is 48.0 Å². The maximum Gasteiger partial charge on any atom is 0.241 e. The van der Waals surface area contributed by atoms with Crippen LogP contribution < -0.4 is 23.8 Å². The van der Waals surface area contributed by atoms with Crippen molar-refractivity contribution < 1.29 is 27.4 Å². The van der Waals surface area contributed by atoms with Crippen molar-refractivity contribution in [3.63, 3.8) is 0 Å². The van der Waals surface area contributed by atoms with Crippen molar-refractivity contribution in [2.45, 2.75) is 20.4 Å². The summed E-state index contributed by atoms with van der Waals surface area (Å²) in [7, 11) is -3.67. The summed E-state index contributed by atoms with van der Waals surface area (Å²) in [5.41, 5.74) is 1.21. The number of carbonyl (C=O) groups excluding carboxylic acids is 1. The van der Waals surface area contributed by atoms with E-state index in [9.17, 15) is 13.2 Å². The van der Waals surface area contributed by atoms with Crippen LogP contribution in [-0.2, 0) is 21.4 Å². The van der Waals surface area contributed by atoms with Crippen LogP contribution in [0.5, 0.6) is 17.2 Å². The molecule has 0 aromatic heterocycles. The average molecular weight is 420 g/mol. The van der Waals surface area contributed by atoms with Crippen molar-refractivity contribution in [1.82, 2.24) is 5.32 Å². The van der Waals surface area contributed by atoms with Crippen LogP contribution in [0.3, 0.4) is 0 Å². The number of carbonyl (C=O) groups is 1. The molecule has 2 aromatic carbocycles. The minimum Gasteiger partial charge on any atom is -0.494 e. The van der Waals surface area contributed by atoms with Gasteiger partial charge >= 0.3 is 0 Å². The Balaban J connectivity index is 1.71. The molecule has 156 valence electrons. The molecule has 1 amide bonds. The Kier molecular flexibility index (Phi) is 6.48. The zero-order chi connectivity index (χ0) is 20.9. The van der Waals surface area contributed by atoms with Crippen LogP contribution in [0.25, 0.3) is 0 Å². The standard InChI is InChI=1S/C20H24N2O6S/c1-3-26-17-7-5-6-15(10-17)12-21-20(23)13-22(29(24,25)4-2)16-8-9-18-19(11-16)28-14-27-18/h5-11H,3-4,12-14H2,1-2H3,(H,21,23). The predicted molar refractivity (Wildman–Crippen MR) is 109 cm³/mol. The molecule has 0 bridgehead atoms. The molecule has 1 aliphatic heterocycles. The van der Waals surface area contributed by atoms with Crippen LogP contribution >= 0.6 is 0 Å². The van der Waals surface area contributed by atoms with Gasteiger partial charge in [0.15, 0.2) is 11.5 Å². The molecule has 9 heteroatoms. The molecule has 1 aliphatic rings. The van der Waals surface area contributed by atoms with E-state index < -0.39 is 15.9 Å². The molecular formula is C20H24N2O6S. The third kappa shape index (κ3) is 5.11. The van der Waals surface area contributed by atoms with Gasteiger partial charge in [-0.3, -0.25) is 9.10 Å². The Morgan fingerprint density at radius 3 is 2.69 bits per heavy atom. The Labute approximate surface area is 170 Å². The number of hydrogen-bond acceptors (Lipinski definition) is 6. The van der Waals surface area contributed by atoms with Crippen molar-refractivity contribution in [1.29, 1.82) is 0 Å². The Morgan fingerprint density at radius 1 is 1.14 bits per heavy atom. The molecule has 0 fully saturated rings. The van der Waals surface area contributed by atoms with Gasteiger partial charge in [0, 0.05) is 12.6 Å². The molecule has 0 spiro atoms. The van der Waals surface area contributed by atoms with Gasteiger partial charge in [-0.25, -0.2) is 8.42 Å². The zero-order valence-electron chi connectivity index (χ0n) is 16.4. The van der Waals surface area contributed by atoms with Gasteiger partial charge in [-0.05, 0) is 43.7 Å². The van der Waals surface area contributed by atoms with Gasteiger partial charge in [0.1, 0.15) is 12.3 Å². The Morgan fingerprint density at radius 2 is 1.93 bits per heavy atom. The van der Waals surface area contributed by atoms with Gasteiger partial charge < -0.3 is 19.5 Å². The van der Waals surface area contributed by atoms with Crippen LogP contribution in [0.4, 0.5) is 5.69 Å². The summed E-state index contributed by atoms with van der Waals surface area (Å²) in [6.07, 6.45) is 0. The molecule has 29 heavy (non-hydrogen) atoms. The third-order valence-corrected chi connectivity index (χ3v) is 6.07. The molecule has 0 aliphatic carbocycles. The van der Waals surface area contributed by atoms with E-state index in [1.807, 2.05) is 31.2 Å². The highest BCUT2D eigenvalue weighted by atomic mass is 32.2. The van der Waals surface area contributed by atoms with Gasteiger partial charge in [-0.15, -0.1) is 0 Å². The first-order valence-corrected chi connectivity index (χ1v) is 10.9. The molecule has 0 saturated carbocycles. The minimum absolute atomic E-state index is 0.0839. The summed E-state index contributed by atoms with van der Waals surface area (Å²) < 4.78 is 42.3. The third-order valence-electron chi connectivity index (χ3n) is 4.33. The SMILES string of the molecule is CCOc1cccc(CNC(=O)CN(c2ccc3c(c2)OCO3)S(=O)(=O)CC)c1. The fraction of sp³-hybridized carbons (Fsp3) is 0.350. The monoisotopic (exact) mass is 420 g/mol. The van der Waals surface area contributed by atoms with Crippen LogP contribution in [0.2, 0.25) is 0 Å². The van der Waals surface area contributed by atoms with E-state index in [1.54, 1.807) is 18.2 Å². The van der Waals surface area contributed by atoms with Crippen molar-refractivity contribution in [3.8, 4) is 17.2 Å². The Bertz CT molecular complexity index is 977. The highest BCUT2D eigenvalue weighted by molar-refractivity contribution is 7.92. The number of rotatable bonds is 9. The molecule has 0 radical (unpaired) electrons. The first-order chi connectivity index (χ1) is 13.9. The number of anilines is 1. The van der Waals surface area contributed by atoms with Crippen LogP contribution in [-0.4, -0.2) is 40.0 Å². The molecule has 2 aromatic rings. The van der Waals surface area contributed by atoms with Crippen molar-refractivity contribution in [2.75, 3.05) is 30.0 Å². The summed E-state index contributed by atoms with van der Waals surface area (Å²) >= 11 is 0. The van der Waals surface area contributed by atoms with E-state index in [-0.39, 0.29) is 25.6 Å². The van der Waals surface area contributed by atoms with Crippen LogP contribution in [0, 0.1) is 0 Å². The quantitative estimate of drug-likeness (QED) is 0.669. The summed E-state index contributed by atoms with van der Waals surface area (Å²) in [4.78, 5) is 12.5. The second-order valence-corrected chi connectivity index (χ2v) is 8.48. The van der Waals surface area contributed by atoms with E-state index in [2.05, 4.69) is 5.32 Å². The largest absolute Gasteiger partial charge is 0.494 e. The fourth-order valence-corrected chi connectivity index (χ4v) is 3.91. The molecule has 8 nitrogen and oxygen atoms in total. The van der Waals surface area contributed by atoms with Crippen molar-refractivity contribution in [2.24, 2.45) is 0 Å². The Hall–Kier alpha value is -2.94. The van der Waals surface area contributed by atoms with Gasteiger partial charge in [-0.1, -0.05) is 12.1 Å². The molecule has 1 N–H and O–H groups in total. The van der Waals surface area contributed by atoms with E-state index >= 15 is 0 Å². The topological polar surface area (TPSA) is 94.2 Å². The zero-order valence-corrected chi connectivity index (χ0v) is 17.2.